The number of nitrogens with two attached hydrogens (primary N) is 1. The minimum Gasteiger partial charge on any atom is -0.378 e. The van der Waals surface area contributed by atoms with Crippen molar-refractivity contribution in [2.24, 2.45) is 5.84 Å². The van der Waals surface area contributed by atoms with Gasteiger partial charge >= 0.3 is 0 Å². The summed E-state index contributed by atoms with van der Waals surface area (Å²) in [5.74, 6) is 8.12. The average Bonchev–Trinajstić information content (AvgIpc) is 2.16. The number of hydrogen-bond acceptors (Lipinski definition) is 3. The van der Waals surface area contributed by atoms with Crippen LogP contribution >= 0.6 is 0 Å². The van der Waals surface area contributed by atoms with E-state index in [4.69, 9.17) is 17.0 Å². The van der Waals surface area contributed by atoms with Crippen molar-refractivity contribution in [2.45, 2.75) is 50.2 Å². The predicted molar refractivity (Wildman–Crippen MR) is 57.4 cm³/mol. The predicted octanol–water partition coefficient (Wildman–Crippen LogP) is 1.19. The number of nitrogens with one attached hydrogen (secondary N) is 1. The lowest BCUT2D eigenvalue weighted by Gasteiger charge is -2.42. The van der Waals surface area contributed by atoms with Gasteiger partial charge in [0.25, 0.3) is 0 Å². The van der Waals surface area contributed by atoms with Crippen LogP contribution in [0.2, 0.25) is 0 Å². The molecule has 1 aliphatic carbocycles. The third-order valence-corrected chi connectivity index (χ3v) is 3.19. The second kappa shape index (κ2) is 5.35. The second-order valence-corrected chi connectivity index (χ2v) is 4.05. The molecule has 1 aliphatic rings. The van der Waals surface area contributed by atoms with Crippen molar-refractivity contribution < 1.29 is 4.74 Å². The Morgan fingerprint density at radius 1 is 1.64 bits per heavy atom. The summed E-state index contributed by atoms with van der Waals surface area (Å²) in [4.78, 5) is 0. The Hall–Kier alpha value is -0.560. The zero-order chi connectivity index (χ0) is 10.4. The van der Waals surface area contributed by atoms with Crippen molar-refractivity contribution in [3.63, 3.8) is 0 Å². The van der Waals surface area contributed by atoms with Crippen LogP contribution in [0.1, 0.15) is 38.5 Å². The molecule has 3 N–H and O–H groups in total. The van der Waals surface area contributed by atoms with Gasteiger partial charge in [0.15, 0.2) is 0 Å². The van der Waals surface area contributed by atoms with Crippen molar-refractivity contribution in [3.8, 4) is 12.3 Å². The van der Waals surface area contributed by atoms with Crippen LogP contribution in [-0.2, 0) is 4.74 Å². The average molecular weight is 196 g/mol. The summed E-state index contributed by atoms with van der Waals surface area (Å²) in [7, 11) is 1.79. The van der Waals surface area contributed by atoms with E-state index >= 15 is 0 Å². The third-order valence-electron chi connectivity index (χ3n) is 3.19. The number of rotatable bonds is 6. The second-order valence-electron chi connectivity index (χ2n) is 4.05. The first-order valence-electron chi connectivity index (χ1n) is 5.21. The molecule has 1 unspecified atom stereocenters. The zero-order valence-electron chi connectivity index (χ0n) is 8.88. The molecule has 3 nitrogen and oxygen atoms in total. The van der Waals surface area contributed by atoms with Crippen LogP contribution < -0.4 is 11.3 Å². The molecule has 0 aromatic carbocycles. The van der Waals surface area contributed by atoms with E-state index in [1.807, 2.05) is 0 Å². The molecule has 80 valence electrons. The lowest BCUT2D eigenvalue weighted by Crippen LogP contribution is -2.47. The summed E-state index contributed by atoms with van der Waals surface area (Å²) < 4.78 is 5.54. The van der Waals surface area contributed by atoms with Gasteiger partial charge in [0, 0.05) is 19.6 Å². The highest BCUT2D eigenvalue weighted by atomic mass is 16.5. The van der Waals surface area contributed by atoms with E-state index in [-0.39, 0.29) is 11.6 Å². The van der Waals surface area contributed by atoms with E-state index in [2.05, 4.69) is 11.3 Å². The quantitative estimate of drug-likeness (QED) is 0.381. The molecule has 0 amide bonds. The van der Waals surface area contributed by atoms with Crippen LogP contribution in [0.4, 0.5) is 0 Å². The number of methoxy groups -OCH3 is 1. The van der Waals surface area contributed by atoms with E-state index in [0.717, 1.165) is 32.1 Å². The van der Waals surface area contributed by atoms with E-state index in [1.165, 1.54) is 6.42 Å². The topological polar surface area (TPSA) is 47.3 Å². The van der Waals surface area contributed by atoms with E-state index < -0.39 is 0 Å². The minimum absolute atomic E-state index is 0.0750. The fourth-order valence-corrected chi connectivity index (χ4v) is 2.01. The molecule has 0 bridgehead atoms. The monoisotopic (exact) mass is 196 g/mol. The smallest absolute Gasteiger partial charge is 0.0694 e. The Kier molecular flexibility index (Phi) is 4.40. The van der Waals surface area contributed by atoms with Gasteiger partial charge in [0.05, 0.1) is 5.60 Å². The van der Waals surface area contributed by atoms with Crippen molar-refractivity contribution in [3.05, 3.63) is 0 Å². The molecule has 14 heavy (non-hydrogen) atoms. The van der Waals surface area contributed by atoms with Gasteiger partial charge in [-0.1, -0.05) is 0 Å². The van der Waals surface area contributed by atoms with Crippen LogP contribution in [0, 0.1) is 12.3 Å². The molecule has 1 rings (SSSR count). The fraction of sp³-hybridized carbons (Fsp3) is 0.818. The van der Waals surface area contributed by atoms with E-state index in [0.29, 0.717) is 0 Å². The fourth-order valence-electron chi connectivity index (χ4n) is 2.01. The molecule has 0 aliphatic heterocycles. The molecule has 3 heteroatoms. The largest absolute Gasteiger partial charge is 0.378 e. The number of terminal acetylenes is 1. The van der Waals surface area contributed by atoms with Gasteiger partial charge in [-0.3, -0.25) is 11.3 Å². The Balaban J connectivity index is 2.35. The van der Waals surface area contributed by atoms with Gasteiger partial charge < -0.3 is 4.74 Å². The molecular weight excluding hydrogens is 176 g/mol. The summed E-state index contributed by atoms with van der Waals surface area (Å²) >= 11 is 0. The van der Waals surface area contributed by atoms with Crippen molar-refractivity contribution in [1.82, 2.24) is 5.43 Å². The molecule has 0 heterocycles. The normalized spacial score (nSPS) is 20.9. The maximum Gasteiger partial charge on any atom is 0.0694 e. The summed E-state index contributed by atoms with van der Waals surface area (Å²) in [6.07, 6.45) is 11.5. The highest BCUT2D eigenvalue weighted by Gasteiger charge is 2.38. The van der Waals surface area contributed by atoms with Crippen LogP contribution in [0.5, 0.6) is 0 Å². The first-order chi connectivity index (χ1) is 6.76. The Bertz CT molecular complexity index is 200. The third kappa shape index (κ3) is 2.71. The van der Waals surface area contributed by atoms with Crippen LogP contribution in [0.3, 0.4) is 0 Å². The van der Waals surface area contributed by atoms with E-state index in [1.54, 1.807) is 7.11 Å². The number of ether oxygens (including phenoxy) is 1. The number of hydrogen-bond donors (Lipinski definition) is 2. The molecule has 1 fully saturated rings. The standard InChI is InChI=1S/C11H20N2O/c1-3-4-6-10(13-12)9-11(14-2)7-5-8-11/h1,10,13H,4-9,12H2,2H3. The molecular formula is C11H20N2O. The van der Waals surface area contributed by atoms with Gasteiger partial charge in [-0.15, -0.1) is 12.3 Å². The Morgan fingerprint density at radius 3 is 2.71 bits per heavy atom. The molecule has 0 aromatic heterocycles. The minimum atomic E-state index is 0.0750. The van der Waals surface area contributed by atoms with Gasteiger partial charge in [0.1, 0.15) is 0 Å². The lowest BCUT2D eigenvalue weighted by atomic mass is 9.75. The van der Waals surface area contributed by atoms with Crippen LogP contribution in [-0.4, -0.2) is 18.8 Å². The molecule has 0 aromatic rings. The molecule has 0 saturated heterocycles. The molecule has 1 atom stereocenters. The van der Waals surface area contributed by atoms with Crippen molar-refractivity contribution >= 4 is 0 Å². The number of hydrazine groups is 1. The van der Waals surface area contributed by atoms with Crippen molar-refractivity contribution in [1.29, 1.82) is 0 Å². The molecule has 0 spiro atoms. The van der Waals surface area contributed by atoms with Crippen LogP contribution in [0.15, 0.2) is 0 Å². The van der Waals surface area contributed by atoms with E-state index in [9.17, 15) is 0 Å². The van der Waals surface area contributed by atoms with Gasteiger partial charge in [-0.25, -0.2) is 0 Å². The van der Waals surface area contributed by atoms with Gasteiger partial charge in [0.2, 0.25) is 0 Å². The summed E-state index contributed by atoms with van der Waals surface area (Å²) in [6, 6.07) is 0.284. The first kappa shape index (κ1) is 11.5. The summed E-state index contributed by atoms with van der Waals surface area (Å²) in [6.45, 7) is 0. The van der Waals surface area contributed by atoms with Gasteiger partial charge in [-0.2, -0.15) is 0 Å². The van der Waals surface area contributed by atoms with Crippen molar-refractivity contribution in [2.75, 3.05) is 7.11 Å². The Morgan fingerprint density at radius 2 is 2.36 bits per heavy atom. The summed E-state index contributed by atoms with van der Waals surface area (Å²) in [5, 5.41) is 0. The summed E-state index contributed by atoms with van der Waals surface area (Å²) in [5.41, 5.74) is 2.89. The van der Waals surface area contributed by atoms with Gasteiger partial charge in [-0.05, 0) is 32.1 Å². The maximum atomic E-state index is 5.54. The SMILES string of the molecule is C#CCCC(CC1(OC)CCC1)NN. The Labute approximate surface area is 86.4 Å². The molecule has 1 saturated carbocycles. The highest BCUT2D eigenvalue weighted by molar-refractivity contribution is 4.94. The molecule has 0 radical (unpaired) electrons. The lowest BCUT2D eigenvalue weighted by molar-refractivity contribution is -0.0838. The maximum absolute atomic E-state index is 5.54. The zero-order valence-corrected chi connectivity index (χ0v) is 8.88. The highest BCUT2D eigenvalue weighted by Crippen LogP contribution is 2.39. The first-order valence-corrected chi connectivity index (χ1v) is 5.21. The van der Waals surface area contributed by atoms with Crippen LogP contribution in [0.25, 0.3) is 0 Å².